The summed E-state index contributed by atoms with van der Waals surface area (Å²) in [6.07, 6.45) is 3.09. The number of hydrogen-bond donors (Lipinski definition) is 1. The smallest absolute Gasteiger partial charge is 0.193 e. The molecule has 0 aliphatic carbocycles. The molecule has 21 heavy (non-hydrogen) atoms. The predicted molar refractivity (Wildman–Crippen MR) is 81.0 cm³/mol. The Kier molecular flexibility index (Phi) is 4.61. The highest BCUT2D eigenvalue weighted by molar-refractivity contribution is 6.10. The molecule has 0 unspecified atom stereocenters. The van der Waals surface area contributed by atoms with Crippen molar-refractivity contribution in [2.24, 2.45) is 0 Å². The molecule has 108 valence electrons. The van der Waals surface area contributed by atoms with Gasteiger partial charge in [0.15, 0.2) is 5.78 Å². The molecule has 4 nitrogen and oxygen atoms in total. The number of hydrogen-bond acceptors (Lipinski definition) is 4. The average Bonchev–Trinajstić information content (AvgIpc) is 2.52. The minimum absolute atomic E-state index is 0.116. The fourth-order valence-corrected chi connectivity index (χ4v) is 1.92. The Morgan fingerprint density at radius 3 is 2.43 bits per heavy atom. The highest BCUT2D eigenvalue weighted by Crippen LogP contribution is 2.33. The largest absolute Gasteiger partial charge is 0.507 e. The van der Waals surface area contributed by atoms with Gasteiger partial charge >= 0.3 is 0 Å². The van der Waals surface area contributed by atoms with Crippen molar-refractivity contribution in [3.8, 4) is 17.2 Å². The molecule has 0 aliphatic rings. The van der Waals surface area contributed by atoms with Gasteiger partial charge in [-0.1, -0.05) is 36.4 Å². The van der Waals surface area contributed by atoms with E-state index in [9.17, 15) is 9.90 Å². The lowest BCUT2D eigenvalue weighted by Gasteiger charge is -2.10. The number of methoxy groups -OCH3 is 2. The lowest BCUT2D eigenvalue weighted by atomic mass is 10.1. The van der Waals surface area contributed by atoms with E-state index in [0.29, 0.717) is 5.75 Å². The molecule has 0 radical (unpaired) electrons. The van der Waals surface area contributed by atoms with Crippen LogP contribution in [0.3, 0.4) is 0 Å². The van der Waals surface area contributed by atoms with Gasteiger partial charge in [-0.05, 0) is 11.6 Å². The van der Waals surface area contributed by atoms with Gasteiger partial charge < -0.3 is 14.6 Å². The van der Waals surface area contributed by atoms with Crippen LogP contribution in [0, 0.1) is 0 Å². The van der Waals surface area contributed by atoms with Gasteiger partial charge in [-0.15, -0.1) is 0 Å². The van der Waals surface area contributed by atoms with Gasteiger partial charge in [-0.25, -0.2) is 0 Å². The van der Waals surface area contributed by atoms with E-state index in [4.69, 9.17) is 9.47 Å². The summed E-state index contributed by atoms with van der Waals surface area (Å²) in [7, 11) is 2.91. The van der Waals surface area contributed by atoms with E-state index >= 15 is 0 Å². The van der Waals surface area contributed by atoms with Gasteiger partial charge in [0.05, 0.1) is 14.2 Å². The maximum Gasteiger partial charge on any atom is 0.193 e. The van der Waals surface area contributed by atoms with E-state index in [-0.39, 0.29) is 22.8 Å². The van der Waals surface area contributed by atoms with Crippen molar-refractivity contribution < 1.29 is 19.4 Å². The predicted octanol–water partition coefficient (Wildman–Crippen LogP) is 3.31. The molecular weight excluding hydrogens is 268 g/mol. The topological polar surface area (TPSA) is 55.8 Å². The number of allylic oxidation sites excluding steroid dienone is 1. The summed E-state index contributed by atoms with van der Waals surface area (Å²) in [6, 6.07) is 12.4. The Morgan fingerprint density at radius 2 is 1.81 bits per heavy atom. The molecule has 0 saturated heterocycles. The van der Waals surface area contributed by atoms with Gasteiger partial charge in [-0.2, -0.15) is 0 Å². The van der Waals surface area contributed by atoms with Crippen molar-refractivity contribution in [2.75, 3.05) is 14.2 Å². The quantitative estimate of drug-likeness (QED) is 0.676. The molecule has 4 heteroatoms. The van der Waals surface area contributed by atoms with Crippen LogP contribution >= 0.6 is 0 Å². The van der Waals surface area contributed by atoms with Crippen LogP contribution < -0.4 is 9.47 Å². The molecule has 0 fully saturated rings. The third-order valence-corrected chi connectivity index (χ3v) is 2.98. The maximum atomic E-state index is 12.3. The summed E-state index contributed by atoms with van der Waals surface area (Å²) in [4.78, 5) is 12.3. The fourth-order valence-electron chi connectivity index (χ4n) is 1.92. The van der Waals surface area contributed by atoms with E-state index < -0.39 is 0 Å². The molecule has 2 aromatic rings. The van der Waals surface area contributed by atoms with E-state index in [2.05, 4.69) is 0 Å². The second kappa shape index (κ2) is 6.61. The molecule has 2 aromatic carbocycles. The average molecular weight is 284 g/mol. The second-order valence-electron chi connectivity index (χ2n) is 4.33. The van der Waals surface area contributed by atoms with Gasteiger partial charge in [0.2, 0.25) is 0 Å². The molecule has 0 aliphatic heterocycles. The van der Waals surface area contributed by atoms with Gasteiger partial charge in [0, 0.05) is 12.1 Å². The summed E-state index contributed by atoms with van der Waals surface area (Å²) in [5.74, 6) is 0.187. The SMILES string of the molecule is COc1cc(O)c(C(=O)/C=C\c2ccccc2)c(OC)c1. The monoisotopic (exact) mass is 284 g/mol. The third-order valence-electron chi connectivity index (χ3n) is 2.98. The molecule has 0 atom stereocenters. The number of carbonyl (C=O) groups excluding carboxylic acids is 1. The summed E-state index contributed by atoms with van der Waals surface area (Å²) in [6.45, 7) is 0. The van der Waals surface area contributed by atoms with Gasteiger partial charge in [0.1, 0.15) is 22.8 Å². The lowest BCUT2D eigenvalue weighted by molar-refractivity contribution is 0.104. The van der Waals surface area contributed by atoms with E-state index in [1.54, 1.807) is 12.1 Å². The standard InChI is InChI=1S/C17H16O4/c1-20-13-10-15(19)17(16(11-13)21-2)14(18)9-8-12-6-4-3-5-7-12/h3-11,19H,1-2H3/b9-8-. The second-order valence-corrected chi connectivity index (χ2v) is 4.33. The Morgan fingerprint density at radius 1 is 1.10 bits per heavy atom. The van der Waals surface area contributed by atoms with Crippen LogP contribution in [0.5, 0.6) is 17.2 Å². The van der Waals surface area contributed by atoms with E-state index in [0.717, 1.165) is 5.56 Å². The van der Waals surface area contributed by atoms with Crippen molar-refractivity contribution >= 4 is 11.9 Å². The number of carbonyl (C=O) groups is 1. The van der Waals surface area contributed by atoms with Crippen LogP contribution in [0.25, 0.3) is 6.08 Å². The molecule has 0 aromatic heterocycles. The normalized spacial score (nSPS) is 10.6. The Hall–Kier alpha value is -2.75. The number of phenols is 1. The minimum Gasteiger partial charge on any atom is -0.507 e. The Balaban J connectivity index is 2.33. The number of rotatable bonds is 5. The summed E-state index contributed by atoms with van der Waals surface area (Å²) < 4.78 is 10.2. The first-order valence-electron chi connectivity index (χ1n) is 6.38. The summed E-state index contributed by atoms with van der Waals surface area (Å²) in [5.41, 5.74) is 1.02. The molecule has 0 amide bonds. The third kappa shape index (κ3) is 3.42. The minimum atomic E-state index is -0.337. The molecular formula is C17H16O4. The van der Waals surface area contributed by atoms with Crippen molar-refractivity contribution in [1.82, 2.24) is 0 Å². The van der Waals surface area contributed by atoms with Crippen LogP contribution in [-0.2, 0) is 0 Å². The first kappa shape index (κ1) is 14.7. The zero-order valence-electron chi connectivity index (χ0n) is 11.9. The highest BCUT2D eigenvalue weighted by Gasteiger charge is 2.17. The molecule has 2 rings (SSSR count). The Bertz CT molecular complexity index is 660. The van der Waals surface area contributed by atoms with Gasteiger partial charge in [-0.3, -0.25) is 4.79 Å². The number of aromatic hydroxyl groups is 1. The van der Waals surface area contributed by atoms with Crippen LogP contribution in [0.2, 0.25) is 0 Å². The zero-order valence-corrected chi connectivity index (χ0v) is 11.9. The van der Waals surface area contributed by atoms with Crippen LogP contribution in [-0.4, -0.2) is 25.1 Å². The highest BCUT2D eigenvalue weighted by atomic mass is 16.5. The number of ether oxygens (including phenoxy) is 2. The number of phenolic OH excluding ortho intramolecular Hbond substituents is 1. The zero-order chi connectivity index (χ0) is 15.2. The van der Waals surface area contributed by atoms with Crippen LogP contribution in [0.1, 0.15) is 15.9 Å². The first-order valence-corrected chi connectivity index (χ1v) is 6.38. The van der Waals surface area contributed by atoms with Crippen molar-refractivity contribution in [3.63, 3.8) is 0 Å². The number of ketones is 1. The Labute approximate surface area is 123 Å². The van der Waals surface area contributed by atoms with Gasteiger partial charge in [0.25, 0.3) is 0 Å². The molecule has 1 N–H and O–H groups in total. The molecule has 0 heterocycles. The van der Waals surface area contributed by atoms with Crippen molar-refractivity contribution in [3.05, 3.63) is 59.7 Å². The first-order chi connectivity index (χ1) is 10.2. The van der Waals surface area contributed by atoms with Crippen molar-refractivity contribution in [2.45, 2.75) is 0 Å². The molecule has 0 saturated carbocycles. The van der Waals surface area contributed by atoms with Crippen LogP contribution in [0.4, 0.5) is 0 Å². The lowest BCUT2D eigenvalue weighted by Crippen LogP contribution is -2.00. The van der Waals surface area contributed by atoms with Crippen LogP contribution in [0.15, 0.2) is 48.5 Å². The molecule has 0 bridgehead atoms. The fraction of sp³-hybridized carbons (Fsp3) is 0.118. The van der Waals surface area contributed by atoms with Crippen molar-refractivity contribution in [1.29, 1.82) is 0 Å². The number of benzene rings is 2. The summed E-state index contributed by atoms with van der Waals surface area (Å²) >= 11 is 0. The molecule has 0 spiro atoms. The van der Waals surface area contributed by atoms with E-state index in [1.807, 2.05) is 30.3 Å². The summed E-state index contributed by atoms with van der Waals surface area (Å²) in [5, 5.41) is 9.99. The van der Waals surface area contributed by atoms with E-state index in [1.165, 1.54) is 26.4 Å². The maximum absolute atomic E-state index is 12.3.